The highest BCUT2D eigenvalue weighted by atomic mass is 32.2. The molecule has 1 N–H and O–H groups in total. The number of carbonyl (C=O) groups is 1. The molecular formula is C24H24N4O2S. The Morgan fingerprint density at radius 3 is 2.61 bits per heavy atom. The summed E-state index contributed by atoms with van der Waals surface area (Å²) in [4.78, 5) is 13.4. The maximum absolute atomic E-state index is 13.4. The lowest BCUT2D eigenvalue weighted by molar-refractivity contribution is -0.115. The van der Waals surface area contributed by atoms with E-state index in [1.165, 1.54) is 11.8 Å². The first kappa shape index (κ1) is 20.9. The van der Waals surface area contributed by atoms with E-state index < -0.39 is 5.25 Å². The molecule has 0 aliphatic rings. The van der Waals surface area contributed by atoms with E-state index in [0.717, 1.165) is 22.4 Å². The van der Waals surface area contributed by atoms with E-state index in [9.17, 15) is 4.79 Å². The maximum atomic E-state index is 13.4. The van der Waals surface area contributed by atoms with Gasteiger partial charge >= 0.3 is 0 Å². The predicted molar refractivity (Wildman–Crippen MR) is 123 cm³/mol. The molecule has 4 rings (SSSR count). The van der Waals surface area contributed by atoms with Crippen LogP contribution < -0.4 is 5.32 Å². The minimum absolute atomic E-state index is 0.102. The molecule has 0 radical (unpaired) electrons. The van der Waals surface area contributed by atoms with E-state index >= 15 is 0 Å². The van der Waals surface area contributed by atoms with Crippen LogP contribution in [-0.2, 0) is 11.3 Å². The lowest BCUT2D eigenvalue weighted by Crippen LogP contribution is -2.20. The maximum Gasteiger partial charge on any atom is 0.242 e. The highest BCUT2D eigenvalue weighted by Gasteiger charge is 2.26. The number of rotatable bonds is 7. The molecule has 0 bridgehead atoms. The minimum Gasteiger partial charge on any atom is -0.461 e. The van der Waals surface area contributed by atoms with E-state index in [1.807, 2.05) is 86.0 Å². The molecule has 158 valence electrons. The average Bonchev–Trinajstić information content (AvgIpc) is 3.44. The Kier molecular flexibility index (Phi) is 6.23. The number of aromatic nitrogens is 3. The molecule has 1 unspecified atom stereocenters. The van der Waals surface area contributed by atoms with Crippen LogP contribution in [0.25, 0.3) is 11.6 Å². The molecule has 2 aromatic heterocycles. The van der Waals surface area contributed by atoms with E-state index in [2.05, 4.69) is 15.5 Å². The standard InChI is InChI=1S/C24H24N4O2S/c1-4-28-22(20-11-8-14-30-20)26-27-24(28)31-21(18-9-6-5-7-10-18)23(29)25-19-15-16(2)12-13-17(19)3/h5-15,21H,4H2,1-3H3,(H,25,29). The minimum atomic E-state index is -0.486. The van der Waals surface area contributed by atoms with Crippen LogP contribution in [0.4, 0.5) is 5.69 Å². The lowest BCUT2D eigenvalue weighted by atomic mass is 10.1. The van der Waals surface area contributed by atoms with Crippen molar-refractivity contribution in [3.8, 4) is 11.6 Å². The summed E-state index contributed by atoms with van der Waals surface area (Å²) >= 11 is 1.38. The van der Waals surface area contributed by atoms with E-state index in [0.29, 0.717) is 23.3 Å². The van der Waals surface area contributed by atoms with Crippen LogP contribution in [0.3, 0.4) is 0 Å². The van der Waals surface area contributed by atoms with E-state index in [-0.39, 0.29) is 5.91 Å². The number of nitrogens with one attached hydrogen (secondary N) is 1. The molecule has 31 heavy (non-hydrogen) atoms. The largest absolute Gasteiger partial charge is 0.461 e. The molecule has 0 saturated carbocycles. The summed E-state index contributed by atoms with van der Waals surface area (Å²) < 4.78 is 7.47. The van der Waals surface area contributed by atoms with Crippen molar-refractivity contribution in [3.05, 3.63) is 83.6 Å². The molecule has 7 heteroatoms. The van der Waals surface area contributed by atoms with Gasteiger partial charge in [-0.1, -0.05) is 54.2 Å². The first-order valence-electron chi connectivity index (χ1n) is 10.1. The van der Waals surface area contributed by atoms with Crippen molar-refractivity contribution in [1.82, 2.24) is 14.8 Å². The Morgan fingerprint density at radius 1 is 1.10 bits per heavy atom. The molecule has 0 fully saturated rings. The van der Waals surface area contributed by atoms with Crippen LogP contribution in [0.5, 0.6) is 0 Å². The molecule has 0 saturated heterocycles. The molecule has 1 atom stereocenters. The monoisotopic (exact) mass is 432 g/mol. The molecule has 0 aliphatic heterocycles. The summed E-state index contributed by atoms with van der Waals surface area (Å²) in [5.41, 5.74) is 3.84. The van der Waals surface area contributed by atoms with Crippen LogP contribution in [-0.4, -0.2) is 20.7 Å². The summed E-state index contributed by atoms with van der Waals surface area (Å²) in [5.74, 6) is 1.20. The molecule has 2 heterocycles. The highest BCUT2D eigenvalue weighted by Crippen LogP contribution is 2.37. The van der Waals surface area contributed by atoms with Gasteiger partial charge in [0.1, 0.15) is 5.25 Å². The molecule has 1 amide bonds. The van der Waals surface area contributed by atoms with Gasteiger partial charge in [-0.15, -0.1) is 10.2 Å². The number of nitrogens with zero attached hydrogens (tertiary/aromatic N) is 3. The van der Waals surface area contributed by atoms with E-state index in [1.54, 1.807) is 6.26 Å². The fourth-order valence-electron chi connectivity index (χ4n) is 3.32. The second-order valence-electron chi connectivity index (χ2n) is 7.24. The second kappa shape index (κ2) is 9.22. The zero-order valence-electron chi connectivity index (χ0n) is 17.7. The van der Waals surface area contributed by atoms with Crippen molar-refractivity contribution in [1.29, 1.82) is 0 Å². The van der Waals surface area contributed by atoms with Gasteiger partial charge in [0, 0.05) is 12.2 Å². The van der Waals surface area contributed by atoms with E-state index in [4.69, 9.17) is 4.42 Å². The number of hydrogen-bond donors (Lipinski definition) is 1. The van der Waals surface area contributed by atoms with Crippen molar-refractivity contribution >= 4 is 23.4 Å². The van der Waals surface area contributed by atoms with Crippen molar-refractivity contribution in [2.24, 2.45) is 0 Å². The van der Waals surface area contributed by atoms with Crippen LogP contribution in [0.1, 0.15) is 28.9 Å². The average molecular weight is 433 g/mol. The third-order valence-electron chi connectivity index (χ3n) is 4.99. The quantitative estimate of drug-likeness (QED) is 0.382. The fraction of sp³-hybridized carbons (Fsp3) is 0.208. The summed E-state index contributed by atoms with van der Waals surface area (Å²) in [6, 6.07) is 19.4. The first-order chi connectivity index (χ1) is 15.1. The number of benzene rings is 2. The SMILES string of the molecule is CCn1c(SC(C(=O)Nc2cc(C)ccc2C)c2ccccc2)nnc1-c1ccco1. The van der Waals surface area contributed by atoms with Gasteiger partial charge < -0.3 is 9.73 Å². The Labute approximate surface area is 185 Å². The summed E-state index contributed by atoms with van der Waals surface area (Å²) in [5, 5.41) is 12.0. The topological polar surface area (TPSA) is 73.0 Å². The van der Waals surface area contributed by atoms with Crippen LogP contribution in [0.2, 0.25) is 0 Å². The lowest BCUT2D eigenvalue weighted by Gasteiger charge is -2.18. The second-order valence-corrected chi connectivity index (χ2v) is 8.32. The Morgan fingerprint density at radius 2 is 1.90 bits per heavy atom. The predicted octanol–water partition coefficient (Wildman–Crippen LogP) is 5.65. The zero-order chi connectivity index (χ0) is 21.8. The smallest absolute Gasteiger partial charge is 0.242 e. The van der Waals surface area contributed by atoms with Crippen molar-refractivity contribution in [2.75, 3.05) is 5.32 Å². The number of anilines is 1. The molecule has 0 spiro atoms. The Bertz CT molecular complexity index is 1170. The molecule has 2 aromatic carbocycles. The molecule has 4 aromatic rings. The highest BCUT2D eigenvalue weighted by molar-refractivity contribution is 8.00. The van der Waals surface area contributed by atoms with Crippen LogP contribution >= 0.6 is 11.8 Å². The normalized spacial score (nSPS) is 12.0. The van der Waals surface area contributed by atoms with Crippen molar-refractivity contribution < 1.29 is 9.21 Å². The van der Waals surface area contributed by atoms with Gasteiger partial charge in [0.25, 0.3) is 0 Å². The van der Waals surface area contributed by atoms with Gasteiger partial charge in [-0.3, -0.25) is 9.36 Å². The zero-order valence-corrected chi connectivity index (χ0v) is 18.5. The number of carbonyl (C=O) groups excluding carboxylic acids is 1. The van der Waals surface area contributed by atoms with Crippen molar-refractivity contribution in [3.63, 3.8) is 0 Å². The number of furan rings is 1. The molecule has 0 aliphatic carbocycles. The van der Waals surface area contributed by atoms with Gasteiger partial charge in [-0.2, -0.15) is 0 Å². The Hall–Kier alpha value is -3.32. The number of amides is 1. The van der Waals surface area contributed by atoms with Gasteiger partial charge in [-0.05, 0) is 55.7 Å². The number of aryl methyl sites for hydroxylation is 2. The van der Waals surface area contributed by atoms with Gasteiger partial charge in [0.15, 0.2) is 16.7 Å². The van der Waals surface area contributed by atoms with Crippen LogP contribution in [0.15, 0.2) is 76.5 Å². The Balaban J connectivity index is 1.67. The third kappa shape index (κ3) is 4.56. The van der Waals surface area contributed by atoms with Crippen molar-refractivity contribution in [2.45, 2.75) is 37.7 Å². The summed E-state index contributed by atoms with van der Waals surface area (Å²) in [7, 11) is 0. The number of thioether (sulfide) groups is 1. The number of hydrogen-bond acceptors (Lipinski definition) is 5. The summed E-state index contributed by atoms with van der Waals surface area (Å²) in [6.45, 7) is 6.68. The van der Waals surface area contributed by atoms with Gasteiger partial charge in [-0.25, -0.2) is 0 Å². The van der Waals surface area contributed by atoms with Gasteiger partial charge in [0.05, 0.1) is 6.26 Å². The molecular weight excluding hydrogens is 408 g/mol. The van der Waals surface area contributed by atoms with Gasteiger partial charge in [0.2, 0.25) is 5.91 Å². The summed E-state index contributed by atoms with van der Waals surface area (Å²) in [6.07, 6.45) is 1.61. The first-order valence-corrected chi connectivity index (χ1v) is 11.0. The molecule has 6 nitrogen and oxygen atoms in total. The fourth-order valence-corrected chi connectivity index (χ4v) is 4.42. The van der Waals surface area contributed by atoms with Crippen LogP contribution in [0, 0.1) is 13.8 Å². The third-order valence-corrected chi connectivity index (χ3v) is 6.22.